The number of carbonyl (C=O) groups is 1. The van der Waals surface area contributed by atoms with Crippen LogP contribution < -0.4 is 10.1 Å². The Morgan fingerprint density at radius 1 is 1.04 bits per heavy atom. The number of carbonyl (C=O) groups excluding carboxylic acids is 1. The zero-order valence-electron chi connectivity index (χ0n) is 14.9. The molecule has 28 heavy (non-hydrogen) atoms. The fourth-order valence-electron chi connectivity index (χ4n) is 2.85. The lowest BCUT2D eigenvalue weighted by molar-refractivity contribution is -0.118. The van der Waals surface area contributed by atoms with Gasteiger partial charge < -0.3 is 10.1 Å². The van der Waals surface area contributed by atoms with Crippen molar-refractivity contribution in [2.24, 2.45) is 0 Å². The molecule has 0 unspecified atom stereocenters. The predicted molar refractivity (Wildman–Crippen MR) is 104 cm³/mol. The Hall–Kier alpha value is -3.74. The Morgan fingerprint density at radius 2 is 1.79 bits per heavy atom. The molecule has 0 saturated carbocycles. The van der Waals surface area contributed by atoms with Gasteiger partial charge in [-0.25, -0.2) is 4.39 Å². The molecule has 2 aromatic carbocycles. The second kappa shape index (κ2) is 7.87. The lowest BCUT2D eigenvalue weighted by Crippen LogP contribution is -2.20. The number of benzene rings is 2. The summed E-state index contributed by atoms with van der Waals surface area (Å²) < 4.78 is 20.6. The smallest absolute Gasteiger partial charge is 0.262 e. The summed E-state index contributed by atoms with van der Waals surface area (Å²) in [6.07, 6.45) is 3.20. The second-order valence-electron chi connectivity index (χ2n) is 6.18. The van der Waals surface area contributed by atoms with E-state index in [2.05, 4.69) is 15.4 Å². The third-order valence-electron chi connectivity index (χ3n) is 4.17. The SMILES string of the molecule is O=C(COc1nn(Cc2ccc(F)cc2)c2ccccc12)Nc1ccncc1. The molecule has 0 fully saturated rings. The van der Waals surface area contributed by atoms with Gasteiger partial charge >= 0.3 is 0 Å². The molecule has 1 N–H and O–H groups in total. The monoisotopic (exact) mass is 376 g/mol. The first-order valence-corrected chi connectivity index (χ1v) is 8.72. The van der Waals surface area contributed by atoms with E-state index in [-0.39, 0.29) is 18.3 Å². The Bertz CT molecular complexity index is 1090. The van der Waals surface area contributed by atoms with Crippen molar-refractivity contribution in [3.8, 4) is 5.88 Å². The molecule has 2 aromatic heterocycles. The molecule has 2 heterocycles. The summed E-state index contributed by atoms with van der Waals surface area (Å²) in [5.41, 5.74) is 2.43. The van der Waals surface area contributed by atoms with Gasteiger partial charge in [-0.05, 0) is 42.0 Å². The van der Waals surface area contributed by atoms with E-state index >= 15 is 0 Å². The second-order valence-corrected chi connectivity index (χ2v) is 6.18. The molecule has 0 aliphatic rings. The molecule has 0 saturated heterocycles. The molecule has 0 spiro atoms. The Labute approximate surface area is 160 Å². The lowest BCUT2D eigenvalue weighted by atomic mass is 10.2. The normalized spacial score (nSPS) is 10.8. The highest BCUT2D eigenvalue weighted by atomic mass is 19.1. The van der Waals surface area contributed by atoms with Gasteiger partial charge in [-0.2, -0.15) is 0 Å². The first-order chi connectivity index (χ1) is 13.7. The number of fused-ring (bicyclic) bond motifs is 1. The number of para-hydroxylation sites is 1. The number of nitrogens with one attached hydrogen (secondary N) is 1. The van der Waals surface area contributed by atoms with Crippen LogP contribution in [0.2, 0.25) is 0 Å². The molecule has 0 bridgehead atoms. The Kier molecular flexibility index (Phi) is 4.97. The number of aromatic nitrogens is 3. The zero-order valence-corrected chi connectivity index (χ0v) is 14.9. The van der Waals surface area contributed by atoms with Crippen molar-refractivity contribution in [3.63, 3.8) is 0 Å². The van der Waals surface area contributed by atoms with Gasteiger partial charge in [0.25, 0.3) is 5.91 Å². The fourth-order valence-corrected chi connectivity index (χ4v) is 2.85. The van der Waals surface area contributed by atoms with Gasteiger partial charge in [0.1, 0.15) is 5.82 Å². The number of anilines is 1. The molecule has 140 valence electrons. The summed E-state index contributed by atoms with van der Waals surface area (Å²) >= 11 is 0. The van der Waals surface area contributed by atoms with Crippen molar-refractivity contribution in [1.29, 1.82) is 0 Å². The molecule has 4 rings (SSSR count). The maximum atomic E-state index is 13.1. The number of hydrogen-bond acceptors (Lipinski definition) is 4. The van der Waals surface area contributed by atoms with Crippen LogP contribution in [-0.2, 0) is 11.3 Å². The van der Waals surface area contributed by atoms with E-state index in [1.165, 1.54) is 12.1 Å². The number of rotatable bonds is 6. The van der Waals surface area contributed by atoms with Crippen LogP contribution in [0.1, 0.15) is 5.56 Å². The summed E-state index contributed by atoms with van der Waals surface area (Å²) in [7, 11) is 0. The van der Waals surface area contributed by atoms with Gasteiger partial charge in [0.2, 0.25) is 5.88 Å². The molecule has 7 heteroatoms. The summed E-state index contributed by atoms with van der Waals surface area (Å²) in [6.45, 7) is 0.299. The van der Waals surface area contributed by atoms with Gasteiger partial charge in [-0.1, -0.05) is 24.3 Å². The average Bonchev–Trinajstić information content (AvgIpc) is 3.07. The van der Waals surface area contributed by atoms with Crippen LogP contribution in [0.15, 0.2) is 73.1 Å². The lowest BCUT2D eigenvalue weighted by Gasteiger charge is -2.05. The molecule has 1 amide bonds. The van der Waals surface area contributed by atoms with Gasteiger partial charge in [-0.3, -0.25) is 14.5 Å². The van der Waals surface area contributed by atoms with Gasteiger partial charge in [0.05, 0.1) is 17.4 Å². The fraction of sp³-hybridized carbons (Fsp3) is 0.0952. The Morgan fingerprint density at radius 3 is 2.57 bits per heavy atom. The van der Waals surface area contributed by atoms with E-state index in [0.29, 0.717) is 18.1 Å². The number of halogens is 1. The van der Waals surface area contributed by atoms with E-state index in [1.54, 1.807) is 41.3 Å². The van der Waals surface area contributed by atoms with Crippen LogP contribution in [0.3, 0.4) is 0 Å². The van der Waals surface area contributed by atoms with Crippen molar-refractivity contribution < 1.29 is 13.9 Å². The summed E-state index contributed by atoms with van der Waals surface area (Å²) in [5.74, 6) is -0.190. The quantitative estimate of drug-likeness (QED) is 0.558. The van der Waals surface area contributed by atoms with Crippen LogP contribution in [0.4, 0.5) is 10.1 Å². The first-order valence-electron chi connectivity index (χ1n) is 8.72. The third kappa shape index (κ3) is 3.98. The molecule has 0 radical (unpaired) electrons. The zero-order chi connectivity index (χ0) is 19.3. The molecule has 0 atom stereocenters. The average molecular weight is 376 g/mol. The van der Waals surface area contributed by atoms with Crippen molar-refractivity contribution in [3.05, 3.63) is 84.4 Å². The summed E-state index contributed by atoms with van der Waals surface area (Å²) in [4.78, 5) is 16.0. The van der Waals surface area contributed by atoms with Crippen LogP contribution in [0.25, 0.3) is 10.9 Å². The van der Waals surface area contributed by atoms with Crippen molar-refractivity contribution in [2.45, 2.75) is 6.54 Å². The van der Waals surface area contributed by atoms with Gasteiger partial charge in [0, 0.05) is 18.1 Å². The largest absolute Gasteiger partial charge is 0.466 e. The number of amides is 1. The van der Waals surface area contributed by atoms with E-state index in [1.807, 2.05) is 24.3 Å². The Balaban J connectivity index is 1.51. The topological polar surface area (TPSA) is 69.0 Å². The minimum absolute atomic E-state index is 0.167. The molecule has 0 aliphatic heterocycles. The predicted octanol–water partition coefficient (Wildman–Crippen LogP) is 3.64. The number of hydrogen-bond donors (Lipinski definition) is 1. The van der Waals surface area contributed by atoms with E-state index in [9.17, 15) is 9.18 Å². The third-order valence-corrected chi connectivity index (χ3v) is 4.17. The maximum absolute atomic E-state index is 13.1. The highest BCUT2D eigenvalue weighted by molar-refractivity contribution is 5.92. The van der Waals surface area contributed by atoms with Crippen LogP contribution in [-0.4, -0.2) is 27.3 Å². The maximum Gasteiger partial charge on any atom is 0.262 e. The minimum atomic E-state index is -0.289. The van der Waals surface area contributed by atoms with Crippen molar-refractivity contribution in [1.82, 2.24) is 14.8 Å². The van der Waals surface area contributed by atoms with Crippen LogP contribution in [0, 0.1) is 5.82 Å². The van der Waals surface area contributed by atoms with Crippen LogP contribution in [0.5, 0.6) is 5.88 Å². The number of pyridine rings is 1. The van der Waals surface area contributed by atoms with E-state index < -0.39 is 0 Å². The molecule has 6 nitrogen and oxygen atoms in total. The van der Waals surface area contributed by atoms with E-state index in [0.717, 1.165) is 16.5 Å². The summed E-state index contributed by atoms with van der Waals surface area (Å²) in [5, 5.41) is 8.04. The van der Waals surface area contributed by atoms with Crippen molar-refractivity contribution in [2.75, 3.05) is 11.9 Å². The number of nitrogens with zero attached hydrogens (tertiary/aromatic N) is 3. The van der Waals surface area contributed by atoms with Crippen LogP contribution >= 0.6 is 0 Å². The molecule has 4 aromatic rings. The number of ether oxygens (including phenoxy) is 1. The van der Waals surface area contributed by atoms with E-state index in [4.69, 9.17) is 4.74 Å². The standard InChI is InChI=1S/C21H17FN4O2/c22-16-7-5-15(6-8-16)13-26-19-4-2-1-3-18(19)21(25-26)28-14-20(27)24-17-9-11-23-12-10-17/h1-12H,13-14H2,(H,23,24,27). The van der Waals surface area contributed by atoms with Gasteiger partial charge in [0.15, 0.2) is 6.61 Å². The molecular weight excluding hydrogens is 359 g/mol. The summed E-state index contributed by atoms with van der Waals surface area (Å²) in [6, 6.07) is 17.3. The highest BCUT2D eigenvalue weighted by Gasteiger charge is 2.13. The van der Waals surface area contributed by atoms with Gasteiger partial charge in [-0.15, -0.1) is 5.10 Å². The first kappa shape index (κ1) is 17.7. The molecule has 0 aliphatic carbocycles. The van der Waals surface area contributed by atoms with Crippen molar-refractivity contribution >= 4 is 22.5 Å². The minimum Gasteiger partial charge on any atom is -0.466 e. The highest BCUT2D eigenvalue weighted by Crippen LogP contribution is 2.25. The molecular formula is C21H17FN4O2.